The third kappa shape index (κ3) is 3.90. The molecule has 2 heterocycles. The van der Waals surface area contributed by atoms with Crippen molar-refractivity contribution >= 4 is 15.9 Å². The topological polar surface area (TPSA) is 84.9 Å². The molecule has 1 N–H and O–H groups in total. The van der Waals surface area contributed by atoms with Gasteiger partial charge in [0.15, 0.2) is 11.5 Å². The third-order valence-electron chi connectivity index (χ3n) is 4.43. The summed E-state index contributed by atoms with van der Waals surface area (Å²) in [5.41, 5.74) is 0.825. The van der Waals surface area contributed by atoms with Crippen LogP contribution in [0.5, 0.6) is 11.5 Å². The first-order chi connectivity index (χ1) is 12.0. The zero-order valence-corrected chi connectivity index (χ0v) is 15.2. The van der Waals surface area contributed by atoms with Crippen molar-refractivity contribution < 1.29 is 22.7 Å². The van der Waals surface area contributed by atoms with Crippen LogP contribution in [0.15, 0.2) is 18.2 Å². The molecule has 138 valence electrons. The molecule has 1 saturated heterocycles. The second-order valence-electron chi connectivity index (χ2n) is 6.24. The number of nitrogens with zero attached hydrogens (tertiary/aromatic N) is 1. The molecule has 8 heteroatoms. The molecule has 25 heavy (non-hydrogen) atoms. The molecule has 1 aromatic rings. The van der Waals surface area contributed by atoms with Crippen molar-refractivity contribution in [1.29, 1.82) is 0 Å². The largest absolute Gasteiger partial charge is 0.486 e. The van der Waals surface area contributed by atoms with Crippen LogP contribution >= 0.6 is 0 Å². The van der Waals surface area contributed by atoms with Gasteiger partial charge in [0.05, 0.1) is 5.75 Å². The number of ether oxygens (including phenoxy) is 2. The molecule has 0 saturated carbocycles. The first-order valence-electron chi connectivity index (χ1n) is 8.67. The highest BCUT2D eigenvalue weighted by Crippen LogP contribution is 2.33. The van der Waals surface area contributed by atoms with Crippen LogP contribution in [-0.4, -0.2) is 50.2 Å². The Bertz CT molecular complexity index is 735. The number of hydrogen-bond acceptors (Lipinski definition) is 5. The summed E-state index contributed by atoms with van der Waals surface area (Å²) in [5.74, 6) is 1.14. The van der Waals surface area contributed by atoms with E-state index in [-0.39, 0.29) is 18.2 Å². The Kier molecular flexibility index (Phi) is 5.48. The molecule has 1 amide bonds. The SMILES string of the molecule is CCCS(=O)(=O)N1CCC[C@@H]1C(=O)NCc1cccc2c1OCCO2. The van der Waals surface area contributed by atoms with Gasteiger partial charge in [-0.3, -0.25) is 4.79 Å². The number of rotatable bonds is 6. The van der Waals surface area contributed by atoms with E-state index in [1.165, 1.54) is 4.31 Å². The highest BCUT2D eigenvalue weighted by Gasteiger charge is 2.37. The summed E-state index contributed by atoms with van der Waals surface area (Å²) in [4.78, 5) is 12.6. The van der Waals surface area contributed by atoms with Gasteiger partial charge in [0, 0.05) is 18.7 Å². The van der Waals surface area contributed by atoms with E-state index in [2.05, 4.69) is 5.32 Å². The molecule has 0 radical (unpaired) electrons. The smallest absolute Gasteiger partial charge is 0.238 e. The van der Waals surface area contributed by atoms with Crippen LogP contribution in [0.1, 0.15) is 31.7 Å². The predicted molar refractivity (Wildman–Crippen MR) is 93.1 cm³/mol. The van der Waals surface area contributed by atoms with Crippen molar-refractivity contribution in [2.24, 2.45) is 0 Å². The zero-order valence-electron chi connectivity index (χ0n) is 14.4. The van der Waals surface area contributed by atoms with Crippen molar-refractivity contribution in [2.75, 3.05) is 25.5 Å². The molecule has 3 rings (SSSR count). The monoisotopic (exact) mass is 368 g/mol. The summed E-state index contributed by atoms with van der Waals surface area (Å²) in [5, 5.41) is 2.85. The molecule has 2 aliphatic heterocycles. The van der Waals surface area contributed by atoms with Crippen LogP contribution in [0, 0.1) is 0 Å². The van der Waals surface area contributed by atoms with Crippen LogP contribution in [0.3, 0.4) is 0 Å². The maximum absolute atomic E-state index is 12.6. The van der Waals surface area contributed by atoms with Gasteiger partial charge in [0.25, 0.3) is 0 Å². The fourth-order valence-electron chi connectivity index (χ4n) is 3.28. The number of carbonyl (C=O) groups excluding carboxylic acids is 1. The van der Waals surface area contributed by atoms with E-state index >= 15 is 0 Å². The average Bonchev–Trinajstić information content (AvgIpc) is 3.10. The number of amides is 1. The van der Waals surface area contributed by atoms with E-state index in [1.807, 2.05) is 25.1 Å². The lowest BCUT2D eigenvalue weighted by Crippen LogP contribution is -2.46. The number of para-hydroxylation sites is 1. The summed E-state index contributed by atoms with van der Waals surface area (Å²) in [7, 11) is -3.37. The Balaban J connectivity index is 1.67. The van der Waals surface area contributed by atoms with Gasteiger partial charge in [-0.1, -0.05) is 19.1 Å². The van der Waals surface area contributed by atoms with E-state index < -0.39 is 16.1 Å². The zero-order chi connectivity index (χ0) is 17.9. The lowest BCUT2D eigenvalue weighted by molar-refractivity contribution is -0.124. The number of sulfonamides is 1. The summed E-state index contributed by atoms with van der Waals surface area (Å²) in [6.45, 7) is 3.50. The maximum Gasteiger partial charge on any atom is 0.238 e. The average molecular weight is 368 g/mol. The number of carbonyl (C=O) groups is 1. The van der Waals surface area contributed by atoms with Crippen LogP contribution < -0.4 is 14.8 Å². The van der Waals surface area contributed by atoms with Gasteiger partial charge >= 0.3 is 0 Å². The molecule has 1 fully saturated rings. The minimum atomic E-state index is -3.37. The second-order valence-corrected chi connectivity index (χ2v) is 8.28. The Morgan fingerprint density at radius 2 is 2.12 bits per heavy atom. The number of fused-ring (bicyclic) bond motifs is 1. The van der Waals surface area contributed by atoms with Gasteiger partial charge in [0.1, 0.15) is 19.3 Å². The predicted octanol–water partition coefficient (Wildman–Crippen LogP) is 1.28. The first kappa shape index (κ1) is 18.0. The lowest BCUT2D eigenvalue weighted by Gasteiger charge is -2.24. The van der Waals surface area contributed by atoms with E-state index in [0.29, 0.717) is 50.5 Å². The number of nitrogens with one attached hydrogen (secondary N) is 1. The maximum atomic E-state index is 12.6. The van der Waals surface area contributed by atoms with Crippen LogP contribution in [0.2, 0.25) is 0 Å². The van der Waals surface area contributed by atoms with Gasteiger partial charge in [-0.25, -0.2) is 8.42 Å². The van der Waals surface area contributed by atoms with Crippen LogP contribution in [0.25, 0.3) is 0 Å². The molecule has 1 aromatic carbocycles. The molecule has 0 aliphatic carbocycles. The van der Waals surface area contributed by atoms with Crippen molar-refractivity contribution in [3.8, 4) is 11.5 Å². The quantitative estimate of drug-likeness (QED) is 0.818. The van der Waals surface area contributed by atoms with Crippen molar-refractivity contribution in [3.63, 3.8) is 0 Å². The van der Waals surface area contributed by atoms with Gasteiger partial charge in [-0.15, -0.1) is 0 Å². The van der Waals surface area contributed by atoms with E-state index in [0.717, 1.165) is 5.56 Å². The highest BCUT2D eigenvalue weighted by molar-refractivity contribution is 7.89. The van der Waals surface area contributed by atoms with E-state index in [4.69, 9.17) is 9.47 Å². The molecule has 0 bridgehead atoms. The summed E-state index contributed by atoms with van der Waals surface area (Å²) >= 11 is 0. The first-order valence-corrected chi connectivity index (χ1v) is 10.3. The van der Waals surface area contributed by atoms with Crippen LogP contribution in [-0.2, 0) is 21.4 Å². The molecule has 2 aliphatic rings. The number of hydrogen-bond donors (Lipinski definition) is 1. The molecular formula is C17H24N2O5S. The van der Waals surface area contributed by atoms with E-state index in [1.54, 1.807) is 0 Å². The molecule has 0 spiro atoms. The van der Waals surface area contributed by atoms with Gasteiger partial charge in [0.2, 0.25) is 15.9 Å². The normalized spacial score (nSPS) is 20.4. The fraction of sp³-hybridized carbons (Fsp3) is 0.588. The van der Waals surface area contributed by atoms with E-state index in [9.17, 15) is 13.2 Å². The molecule has 1 atom stereocenters. The molecule has 0 aromatic heterocycles. The molecule has 0 unspecified atom stereocenters. The fourth-order valence-corrected chi connectivity index (χ4v) is 5.03. The highest BCUT2D eigenvalue weighted by atomic mass is 32.2. The Morgan fingerprint density at radius 3 is 2.92 bits per heavy atom. The van der Waals surface area contributed by atoms with Crippen molar-refractivity contribution in [1.82, 2.24) is 9.62 Å². The van der Waals surface area contributed by atoms with Crippen molar-refractivity contribution in [2.45, 2.75) is 38.8 Å². The summed E-state index contributed by atoms with van der Waals surface area (Å²) < 4.78 is 37.2. The Morgan fingerprint density at radius 1 is 1.32 bits per heavy atom. The van der Waals surface area contributed by atoms with Crippen LogP contribution in [0.4, 0.5) is 0 Å². The molecular weight excluding hydrogens is 344 g/mol. The number of benzene rings is 1. The minimum absolute atomic E-state index is 0.0775. The van der Waals surface area contributed by atoms with Gasteiger partial charge in [-0.2, -0.15) is 4.31 Å². The standard InChI is InChI=1S/C17H24N2O5S/c1-2-11-25(21,22)19-8-4-6-14(19)17(20)18-12-13-5-3-7-15-16(13)24-10-9-23-15/h3,5,7,14H,2,4,6,8-12H2,1H3,(H,18,20)/t14-/m1/s1. The summed E-state index contributed by atoms with van der Waals surface area (Å²) in [6, 6.07) is 4.93. The second kappa shape index (κ2) is 7.61. The Hall–Kier alpha value is -1.80. The minimum Gasteiger partial charge on any atom is -0.486 e. The van der Waals surface area contributed by atoms with Crippen molar-refractivity contribution in [3.05, 3.63) is 23.8 Å². The lowest BCUT2D eigenvalue weighted by atomic mass is 10.1. The Labute approximate surface area is 148 Å². The van der Waals surface area contributed by atoms with Gasteiger partial charge < -0.3 is 14.8 Å². The molecule has 7 nitrogen and oxygen atoms in total. The van der Waals surface area contributed by atoms with Gasteiger partial charge in [-0.05, 0) is 25.3 Å². The third-order valence-corrected chi connectivity index (χ3v) is 6.50. The summed E-state index contributed by atoms with van der Waals surface area (Å²) in [6.07, 6.45) is 1.81.